The average Bonchev–Trinajstić information content (AvgIpc) is 2.87. The van der Waals surface area contributed by atoms with Crippen LogP contribution in [-0.4, -0.2) is 39.8 Å². The zero-order chi connectivity index (χ0) is 15.3. The Labute approximate surface area is 119 Å². The standard InChI is InChI=1S/C15H24O5/c1-9(16)10-6-11-14(5,19-11)15(18,7-10)8-12(17)20-13(2,3)4/h10-11,18H,6-8H2,1-5H3/t10-,11+,14+,15+/m0/s1. The van der Waals surface area contributed by atoms with E-state index in [4.69, 9.17) is 9.47 Å². The van der Waals surface area contributed by atoms with E-state index in [9.17, 15) is 14.7 Å². The molecule has 1 aliphatic carbocycles. The fourth-order valence-corrected chi connectivity index (χ4v) is 3.07. The maximum Gasteiger partial charge on any atom is 0.309 e. The molecule has 5 nitrogen and oxygen atoms in total. The molecule has 114 valence electrons. The van der Waals surface area contributed by atoms with Gasteiger partial charge in [-0.15, -0.1) is 0 Å². The van der Waals surface area contributed by atoms with E-state index in [2.05, 4.69) is 0 Å². The van der Waals surface area contributed by atoms with Gasteiger partial charge in [-0.25, -0.2) is 0 Å². The number of aliphatic hydroxyl groups is 1. The number of carbonyl (C=O) groups excluding carboxylic acids is 2. The van der Waals surface area contributed by atoms with Crippen molar-refractivity contribution in [2.24, 2.45) is 5.92 Å². The SMILES string of the molecule is CC(=O)[C@H]1C[C@H]2O[C@@]2(C)[C@](O)(CC(=O)OC(C)(C)C)C1. The Bertz CT molecular complexity index is 438. The maximum atomic E-state index is 12.0. The number of Topliss-reactive ketones (excluding diaryl/α,β-unsaturated/α-hetero) is 1. The van der Waals surface area contributed by atoms with E-state index in [1.54, 1.807) is 27.7 Å². The largest absolute Gasteiger partial charge is 0.460 e. The molecule has 0 bridgehead atoms. The summed E-state index contributed by atoms with van der Waals surface area (Å²) in [5.74, 6) is -0.673. The molecule has 1 N–H and O–H groups in total. The summed E-state index contributed by atoms with van der Waals surface area (Å²) >= 11 is 0. The first kappa shape index (κ1) is 15.4. The van der Waals surface area contributed by atoms with Gasteiger partial charge in [-0.1, -0.05) is 0 Å². The van der Waals surface area contributed by atoms with Crippen LogP contribution in [0.1, 0.15) is 53.9 Å². The van der Waals surface area contributed by atoms with Crippen LogP contribution in [0.5, 0.6) is 0 Å². The maximum absolute atomic E-state index is 12.0. The highest BCUT2D eigenvalue weighted by molar-refractivity contribution is 5.79. The number of esters is 1. The second-order valence-corrected chi connectivity index (χ2v) is 7.26. The van der Waals surface area contributed by atoms with Crippen molar-refractivity contribution in [1.82, 2.24) is 0 Å². The predicted octanol–water partition coefficient (Wildman–Crippen LogP) is 1.61. The van der Waals surface area contributed by atoms with Crippen molar-refractivity contribution in [1.29, 1.82) is 0 Å². The molecule has 0 aromatic heterocycles. The van der Waals surface area contributed by atoms with Gasteiger partial charge in [0.2, 0.25) is 0 Å². The smallest absolute Gasteiger partial charge is 0.309 e. The van der Waals surface area contributed by atoms with Crippen molar-refractivity contribution >= 4 is 11.8 Å². The van der Waals surface area contributed by atoms with Gasteiger partial charge in [0, 0.05) is 5.92 Å². The van der Waals surface area contributed by atoms with Crippen molar-refractivity contribution in [2.75, 3.05) is 0 Å². The number of rotatable bonds is 3. The summed E-state index contributed by atoms with van der Waals surface area (Å²) in [6.45, 7) is 8.67. The molecule has 20 heavy (non-hydrogen) atoms. The first-order valence-electron chi connectivity index (χ1n) is 7.09. The minimum Gasteiger partial charge on any atom is -0.460 e. The van der Waals surface area contributed by atoms with Gasteiger partial charge in [-0.3, -0.25) is 9.59 Å². The van der Waals surface area contributed by atoms with Crippen LogP contribution in [-0.2, 0) is 19.1 Å². The van der Waals surface area contributed by atoms with Crippen LogP contribution in [0.2, 0.25) is 0 Å². The third-order valence-electron chi connectivity index (χ3n) is 4.38. The highest BCUT2D eigenvalue weighted by Gasteiger charge is 2.69. The number of ketones is 1. The molecule has 2 fully saturated rings. The number of epoxide rings is 1. The number of carbonyl (C=O) groups is 2. The molecule has 0 unspecified atom stereocenters. The third-order valence-corrected chi connectivity index (χ3v) is 4.38. The second-order valence-electron chi connectivity index (χ2n) is 7.26. The topological polar surface area (TPSA) is 76.1 Å². The second kappa shape index (κ2) is 4.53. The first-order valence-corrected chi connectivity index (χ1v) is 7.09. The molecule has 4 atom stereocenters. The van der Waals surface area contributed by atoms with Crippen LogP contribution in [0, 0.1) is 5.92 Å². The molecule has 2 aliphatic rings. The fraction of sp³-hybridized carbons (Fsp3) is 0.867. The van der Waals surface area contributed by atoms with Crippen molar-refractivity contribution in [3.05, 3.63) is 0 Å². The zero-order valence-corrected chi connectivity index (χ0v) is 12.9. The lowest BCUT2D eigenvalue weighted by Crippen LogP contribution is -2.52. The number of hydrogen-bond acceptors (Lipinski definition) is 5. The number of ether oxygens (including phenoxy) is 2. The summed E-state index contributed by atoms with van der Waals surface area (Å²) in [5.41, 5.74) is -2.64. The Morgan fingerprint density at radius 3 is 2.50 bits per heavy atom. The van der Waals surface area contributed by atoms with E-state index in [-0.39, 0.29) is 30.6 Å². The van der Waals surface area contributed by atoms with Crippen LogP contribution < -0.4 is 0 Å². The van der Waals surface area contributed by atoms with Gasteiger partial charge in [-0.05, 0) is 47.5 Å². The van der Waals surface area contributed by atoms with Crippen LogP contribution in [0.15, 0.2) is 0 Å². The molecule has 0 amide bonds. The van der Waals surface area contributed by atoms with Gasteiger partial charge in [0.25, 0.3) is 0 Å². The highest BCUT2D eigenvalue weighted by Crippen LogP contribution is 2.56. The summed E-state index contributed by atoms with van der Waals surface area (Å²) < 4.78 is 10.9. The molecule has 5 heteroatoms. The zero-order valence-electron chi connectivity index (χ0n) is 12.9. The lowest BCUT2D eigenvalue weighted by Gasteiger charge is -2.38. The lowest BCUT2D eigenvalue weighted by atomic mass is 9.69. The molecular formula is C15H24O5. The molecule has 0 spiro atoms. The van der Waals surface area contributed by atoms with E-state index in [1.165, 1.54) is 6.92 Å². The van der Waals surface area contributed by atoms with Crippen LogP contribution >= 0.6 is 0 Å². The van der Waals surface area contributed by atoms with Gasteiger partial charge in [0.05, 0.1) is 12.5 Å². The molecule has 1 aliphatic heterocycles. The minimum atomic E-state index is -1.32. The normalized spacial score (nSPS) is 39.9. The van der Waals surface area contributed by atoms with Gasteiger partial charge < -0.3 is 14.6 Å². The summed E-state index contributed by atoms with van der Waals surface area (Å²) in [7, 11) is 0. The van der Waals surface area contributed by atoms with E-state index in [1.807, 2.05) is 0 Å². The fourth-order valence-electron chi connectivity index (χ4n) is 3.07. The van der Waals surface area contributed by atoms with E-state index >= 15 is 0 Å². The van der Waals surface area contributed by atoms with Crippen molar-refractivity contribution in [3.8, 4) is 0 Å². The van der Waals surface area contributed by atoms with Crippen LogP contribution in [0.25, 0.3) is 0 Å². The number of hydrogen-bond donors (Lipinski definition) is 1. The van der Waals surface area contributed by atoms with Crippen molar-refractivity contribution in [2.45, 2.75) is 76.8 Å². The van der Waals surface area contributed by atoms with E-state index < -0.39 is 22.8 Å². The summed E-state index contributed by atoms with van der Waals surface area (Å²) in [5, 5.41) is 10.8. The van der Waals surface area contributed by atoms with Gasteiger partial charge in [0.15, 0.2) is 0 Å². The Hall–Kier alpha value is -0.940. The third kappa shape index (κ3) is 2.74. The number of fused-ring (bicyclic) bond motifs is 1. The molecule has 0 aromatic carbocycles. The van der Waals surface area contributed by atoms with Gasteiger partial charge in [0.1, 0.15) is 22.6 Å². The molecule has 1 saturated carbocycles. The van der Waals surface area contributed by atoms with Gasteiger partial charge >= 0.3 is 5.97 Å². The van der Waals surface area contributed by atoms with Gasteiger partial charge in [-0.2, -0.15) is 0 Å². The molecule has 2 rings (SSSR count). The summed E-state index contributed by atoms with van der Waals surface area (Å²) in [4.78, 5) is 23.6. The Morgan fingerprint density at radius 1 is 1.40 bits per heavy atom. The highest BCUT2D eigenvalue weighted by atomic mass is 16.6. The average molecular weight is 284 g/mol. The Kier molecular flexibility index (Phi) is 3.50. The summed E-state index contributed by atoms with van der Waals surface area (Å²) in [6.07, 6.45) is 0.607. The molecule has 0 aromatic rings. The molecule has 0 radical (unpaired) electrons. The van der Waals surface area contributed by atoms with E-state index in [0.717, 1.165) is 0 Å². The monoisotopic (exact) mass is 284 g/mol. The quantitative estimate of drug-likeness (QED) is 0.629. The van der Waals surface area contributed by atoms with Crippen LogP contribution in [0.3, 0.4) is 0 Å². The molecule has 1 heterocycles. The predicted molar refractivity (Wildman–Crippen MR) is 72.1 cm³/mol. The summed E-state index contributed by atoms with van der Waals surface area (Å²) in [6, 6.07) is 0. The molecular weight excluding hydrogens is 260 g/mol. The Morgan fingerprint density at radius 2 is 2.00 bits per heavy atom. The lowest BCUT2D eigenvalue weighted by molar-refractivity contribution is -0.165. The van der Waals surface area contributed by atoms with E-state index in [0.29, 0.717) is 6.42 Å². The van der Waals surface area contributed by atoms with Crippen molar-refractivity contribution < 1.29 is 24.2 Å². The minimum absolute atomic E-state index is 0.0326. The molecule has 1 saturated heterocycles. The van der Waals surface area contributed by atoms with Crippen LogP contribution in [0.4, 0.5) is 0 Å². The van der Waals surface area contributed by atoms with Crippen molar-refractivity contribution in [3.63, 3.8) is 0 Å². The Balaban J connectivity index is 2.11. The first-order chi connectivity index (χ1) is 8.97.